The Balaban J connectivity index is 1.60. The van der Waals surface area contributed by atoms with E-state index in [1.54, 1.807) is 0 Å². The van der Waals surface area contributed by atoms with E-state index in [1.807, 2.05) is 18.7 Å². The van der Waals surface area contributed by atoms with Gasteiger partial charge >= 0.3 is 0 Å². The maximum absolute atomic E-state index is 5.61. The predicted octanol–water partition coefficient (Wildman–Crippen LogP) is 0.431. The lowest BCUT2D eigenvalue weighted by Crippen LogP contribution is -2.45. The molecule has 5 nitrogen and oxygen atoms in total. The van der Waals surface area contributed by atoms with E-state index in [-0.39, 0.29) is 0 Å². The molecule has 0 radical (unpaired) electrons. The minimum atomic E-state index is 0.686. The van der Waals surface area contributed by atoms with Gasteiger partial charge in [-0.2, -0.15) is 0 Å². The number of rotatable bonds is 8. The molecule has 2 atom stereocenters. The van der Waals surface area contributed by atoms with E-state index in [1.165, 1.54) is 37.0 Å². The van der Waals surface area contributed by atoms with E-state index in [4.69, 9.17) is 5.73 Å². The smallest absolute Gasteiger partial charge is 0.0945 e. The Hall–Kier alpha value is -0.910. The van der Waals surface area contributed by atoms with Crippen LogP contribution in [0, 0.1) is 0 Å². The highest BCUT2D eigenvalue weighted by Gasteiger charge is 2.33. The number of likely N-dealkylation sites (N-methyl/N-ethyl adjacent to an activating group) is 1. The zero-order chi connectivity index (χ0) is 13.6. The second-order valence-electron chi connectivity index (χ2n) is 5.99. The summed E-state index contributed by atoms with van der Waals surface area (Å²) < 4.78 is 3.33. The van der Waals surface area contributed by atoms with Crippen molar-refractivity contribution in [1.29, 1.82) is 0 Å². The van der Waals surface area contributed by atoms with Gasteiger partial charge in [-0.25, -0.2) is 4.98 Å². The Labute approximate surface area is 116 Å². The van der Waals surface area contributed by atoms with Crippen LogP contribution >= 0.6 is 0 Å². The van der Waals surface area contributed by atoms with Crippen LogP contribution in [0.4, 0.5) is 0 Å². The molecule has 0 saturated carbocycles. The summed E-state index contributed by atoms with van der Waals surface area (Å²) in [4.78, 5) is 4.06. The average molecular weight is 266 g/mol. The average Bonchev–Trinajstić information content (AvgIpc) is 3.03. The van der Waals surface area contributed by atoms with Gasteiger partial charge in [0.05, 0.1) is 39.1 Å². The molecule has 0 bridgehead atoms. The first-order valence-electron chi connectivity index (χ1n) is 7.45. The number of aryl methyl sites for hydroxylation is 1. The number of imidazole rings is 1. The fourth-order valence-electron chi connectivity index (χ4n) is 3.01. The predicted molar refractivity (Wildman–Crippen MR) is 77.7 cm³/mol. The Morgan fingerprint density at radius 1 is 1.47 bits per heavy atom. The van der Waals surface area contributed by atoms with Crippen LogP contribution in [0.5, 0.6) is 0 Å². The van der Waals surface area contributed by atoms with E-state index >= 15 is 0 Å². The number of hydrogen-bond donors (Lipinski definition) is 2. The zero-order valence-electron chi connectivity index (χ0n) is 12.1. The zero-order valence-corrected chi connectivity index (χ0v) is 12.1. The second kappa shape index (κ2) is 7.03. The van der Waals surface area contributed by atoms with Crippen LogP contribution in [-0.4, -0.2) is 59.8 Å². The van der Waals surface area contributed by atoms with Gasteiger partial charge < -0.3 is 20.1 Å². The molecule has 19 heavy (non-hydrogen) atoms. The normalized spacial score (nSPS) is 26.9. The number of quaternary nitrogens is 1. The van der Waals surface area contributed by atoms with Crippen LogP contribution in [-0.2, 0) is 6.54 Å². The van der Waals surface area contributed by atoms with Crippen molar-refractivity contribution in [3.05, 3.63) is 18.7 Å². The van der Waals surface area contributed by atoms with Crippen molar-refractivity contribution < 1.29 is 4.48 Å². The Morgan fingerprint density at radius 2 is 2.37 bits per heavy atom. The summed E-state index contributed by atoms with van der Waals surface area (Å²) in [5.74, 6) is 0. The van der Waals surface area contributed by atoms with E-state index in [9.17, 15) is 0 Å². The molecule has 2 rings (SSSR count). The van der Waals surface area contributed by atoms with Crippen molar-refractivity contribution >= 4 is 0 Å². The fourth-order valence-corrected chi connectivity index (χ4v) is 3.01. The van der Waals surface area contributed by atoms with Gasteiger partial charge in [-0.1, -0.05) is 0 Å². The summed E-state index contributed by atoms with van der Waals surface area (Å²) in [7, 11) is 2.36. The van der Waals surface area contributed by atoms with Gasteiger partial charge in [-0.3, -0.25) is 0 Å². The third kappa shape index (κ3) is 4.60. The molecule has 0 aliphatic carbocycles. The maximum Gasteiger partial charge on any atom is 0.0945 e. The van der Waals surface area contributed by atoms with Crippen LogP contribution in [0.15, 0.2) is 18.7 Å². The molecule has 3 N–H and O–H groups in total. The van der Waals surface area contributed by atoms with E-state index < -0.39 is 0 Å². The number of nitrogens with one attached hydrogen (secondary N) is 1. The van der Waals surface area contributed by atoms with Gasteiger partial charge in [0.2, 0.25) is 0 Å². The lowest BCUT2D eigenvalue weighted by atomic mass is 10.2. The minimum Gasteiger partial charge on any atom is -0.337 e. The molecule has 1 fully saturated rings. The number of hydrogen-bond acceptors (Lipinski definition) is 3. The lowest BCUT2D eigenvalue weighted by Gasteiger charge is -2.29. The third-order valence-corrected chi connectivity index (χ3v) is 4.17. The summed E-state index contributed by atoms with van der Waals surface area (Å²) in [6.45, 7) is 6.74. The van der Waals surface area contributed by atoms with Crippen molar-refractivity contribution in [3.8, 4) is 0 Å². The van der Waals surface area contributed by atoms with Gasteiger partial charge in [-0.15, -0.1) is 0 Å². The van der Waals surface area contributed by atoms with E-state index in [0.29, 0.717) is 6.04 Å². The molecule has 5 heteroatoms. The molecule has 0 spiro atoms. The number of aromatic nitrogens is 2. The minimum absolute atomic E-state index is 0.686. The summed E-state index contributed by atoms with van der Waals surface area (Å²) >= 11 is 0. The van der Waals surface area contributed by atoms with E-state index in [0.717, 1.165) is 26.1 Å². The Bertz CT molecular complexity index is 351. The third-order valence-electron chi connectivity index (χ3n) is 4.17. The largest absolute Gasteiger partial charge is 0.337 e. The Morgan fingerprint density at radius 3 is 3.11 bits per heavy atom. The summed E-state index contributed by atoms with van der Waals surface area (Å²) in [5.41, 5.74) is 5.61. The second-order valence-corrected chi connectivity index (χ2v) is 5.99. The molecule has 1 aromatic rings. The van der Waals surface area contributed by atoms with Crippen molar-refractivity contribution in [2.24, 2.45) is 5.73 Å². The summed E-state index contributed by atoms with van der Waals surface area (Å²) in [6.07, 6.45) is 9.35. The van der Waals surface area contributed by atoms with Crippen LogP contribution in [0.1, 0.15) is 19.3 Å². The number of nitrogens with two attached hydrogens (primary N) is 1. The molecule has 1 aliphatic rings. The first-order valence-corrected chi connectivity index (χ1v) is 7.45. The standard InChI is InChI=1S/C14H28N5/c1-19(10-2-5-15)11-4-14(12-19)17-6-3-8-18-9-7-16-13-18/h7,9,13-14,17H,2-6,8,10-12,15H2,1H3/q+1. The number of likely N-dealkylation sites (tertiary alicyclic amines) is 1. The van der Waals surface area contributed by atoms with Gasteiger partial charge in [0.1, 0.15) is 0 Å². The lowest BCUT2D eigenvalue weighted by molar-refractivity contribution is -0.898. The highest BCUT2D eigenvalue weighted by atomic mass is 15.4. The highest BCUT2D eigenvalue weighted by molar-refractivity contribution is 4.75. The summed E-state index contributed by atoms with van der Waals surface area (Å²) in [6, 6.07) is 0.686. The van der Waals surface area contributed by atoms with Crippen LogP contribution in [0.2, 0.25) is 0 Å². The van der Waals surface area contributed by atoms with Crippen LogP contribution < -0.4 is 11.1 Å². The molecule has 2 unspecified atom stereocenters. The molecular formula is C14H28N5+. The monoisotopic (exact) mass is 266 g/mol. The molecule has 0 amide bonds. The van der Waals surface area contributed by atoms with Gasteiger partial charge in [0, 0.05) is 31.8 Å². The van der Waals surface area contributed by atoms with Crippen LogP contribution in [0.3, 0.4) is 0 Å². The first-order chi connectivity index (χ1) is 9.22. The molecule has 1 saturated heterocycles. The molecule has 1 aliphatic heterocycles. The SMILES string of the molecule is C[N+]1(CCCN)CCC(NCCCn2ccnc2)C1. The van der Waals surface area contributed by atoms with Crippen molar-refractivity contribution in [2.75, 3.05) is 39.8 Å². The van der Waals surface area contributed by atoms with Crippen molar-refractivity contribution in [2.45, 2.75) is 31.8 Å². The van der Waals surface area contributed by atoms with Crippen molar-refractivity contribution in [1.82, 2.24) is 14.9 Å². The Kier molecular flexibility index (Phi) is 5.36. The van der Waals surface area contributed by atoms with Crippen LogP contribution in [0.25, 0.3) is 0 Å². The molecule has 0 aromatic carbocycles. The first kappa shape index (κ1) is 14.5. The van der Waals surface area contributed by atoms with Gasteiger partial charge in [0.25, 0.3) is 0 Å². The van der Waals surface area contributed by atoms with E-state index in [2.05, 4.69) is 21.9 Å². The molecule has 2 heterocycles. The van der Waals surface area contributed by atoms with Crippen molar-refractivity contribution in [3.63, 3.8) is 0 Å². The molecule has 108 valence electrons. The highest BCUT2D eigenvalue weighted by Crippen LogP contribution is 2.17. The molecule has 1 aromatic heterocycles. The van der Waals surface area contributed by atoms with Gasteiger partial charge in [-0.05, 0) is 19.5 Å². The summed E-state index contributed by atoms with van der Waals surface area (Å²) in [5, 5.41) is 3.70. The topological polar surface area (TPSA) is 55.9 Å². The fraction of sp³-hybridized carbons (Fsp3) is 0.786. The van der Waals surface area contributed by atoms with Gasteiger partial charge in [0.15, 0.2) is 0 Å². The number of nitrogens with zero attached hydrogens (tertiary/aromatic N) is 3. The molecular weight excluding hydrogens is 238 g/mol. The maximum atomic E-state index is 5.61. The quantitative estimate of drug-likeness (QED) is 0.530.